The molecule has 1 amide bonds. The zero-order chi connectivity index (χ0) is 13.8. The van der Waals surface area contributed by atoms with Gasteiger partial charge in [-0.15, -0.1) is 17.8 Å². The Bertz CT molecular complexity index is 455. The summed E-state index contributed by atoms with van der Waals surface area (Å²) in [7, 11) is 0. The fourth-order valence-electron chi connectivity index (χ4n) is 1.32. The summed E-state index contributed by atoms with van der Waals surface area (Å²) in [5, 5.41) is 8.01. The van der Waals surface area contributed by atoms with E-state index in [0.29, 0.717) is 10.8 Å². The van der Waals surface area contributed by atoms with Crippen molar-refractivity contribution in [2.24, 2.45) is 5.92 Å². The van der Waals surface area contributed by atoms with E-state index in [-0.39, 0.29) is 5.91 Å². The van der Waals surface area contributed by atoms with Gasteiger partial charge >= 0.3 is 0 Å². The van der Waals surface area contributed by atoms with E-state index in [2.05, 4.69) is 30.4 Å². The Hall–Kier alpha value is -1.47. The van der Waals surface area contributed by atoms with Crippen LogP contribution in [0, 0.1) is 18.3 Å². The predicted octanol–water partition coefficient (Wildman–Crippen LogP) is 2.96. The van der Waals surface area contributed by atoms with Crippen molar-refractivity contribution in [1.82, 2.24) is 5.32 Å². The number of hydrogen-bond donors (Lipinski definition) is 2. The van der Waals surface area contributed by atoms with E-state index in [1.807, 2.05) is 11.4 Å². The van der Waals surface area contributed by atoms with E-state index in [9.17, 15) is 4.79 Å². The molecule has 0 radical (unpaired) electrons. The molecule has 0 atom stereocenters. The number of carbonyl (C=O) groups excluding carboxylic acids is 1. The van der Waals surface area contributed by atoms with Crippen LogP contribution in [0.4, 0.5) is 5.69 Å². The summed E-state index contributed by atoms with van der Waals surface area (Å²) in [6, 6.07) is 1.92. The molecule has 0 unspecified atom stereocenters. The van der Waals surface area contributed by atoms with Crippen molar-refractivity contribution in [2.75, 3.05) is 11.9 Å². The second-order valence-electron chi connectivity index (χ2n) is 5.16. The van der Waals surface area contributed by atoms with Crippen LogP contribution in [0.5, 0.6) is 0 Å². The van der Waals surface area contributed by atoms with Gasteiger partial charge in [0.05, 0.1) is 11.2 Å². The maximum atomic E-state index is 12.1. The summed E-state index contributed by atoms with van der Waals surface area (Å²) in [5.74, 6) is 2.96. The lowest BCUT2D eigenvalue weighted by molar-refractivity contribution is 0.0935. The maximum Gasteiger partial charge on any atom is 0.264 e. The molecule has 4 heteroatoms. The lowest BCUT2D eigenvalue weighted by atomic mass is 10.1. The maximum absolute atomic E-state index is 12.1. The number of thiophene rings is 1. The van der Waals surface area contributed by atoms with Gasteiger partial charge in [0.1, 0.15) is 4.88 Å². The molecule has 0 aliphatic rings. The lowest BCUT2D eigenvalue weighted by Gasteiger charge is -2.19. The fourth-order valence-corrected chi connectivity index (χ4v) is 2.08. The normalized spacial score (nSPS) is 11.1. The Kier molecular flexibility index (Phi) is 4.80. The van der Waals surface area contributed by atoms with Crippen LogP contribution in [0.1, 0.15) is 37.4 Å². The molecule has 1 heterocycles. The molecule has 98 valence electrons. The summed E-state index contributed by atoms with van der Waals surface area (Å²) in [4.78, 5) is 12.8. The highest BCUT2D eigenvalue weighted by molar-refractivity contribution is 7.12. The first kappa shape index (κ1) is 14.6. The number of rotatable bonds is 5. The summed E-state index contributed by atoms with van der Waals surface area (Å²) < 4.78 is 0. The average Bonchev–Trinajstić information content (AvgIpc) is 2.74. The van der Waals surface area contributed by atoms with Crippen molar-refractivity contribution in [3.05, 3.63) is 16.3 Å². The zero-order valence-electron chi connectivity index (χ0n) is 11.3. The molecule has 2 N–H and O–H groups in total. The average molecular weight is 264 g/mol. The molecule has 1 rings (SSSR count). The van der Waals surface area contributed by atoms with E-state index < -0.39 is 5.54 Å². The van der Waals surface area contributed by atoms with Gasteiger partial charge in [-0.3, -0.25) is 4.79 Å². The van der Waals surface area contributed by atoms with E-state index in [1.54, 1.807) is 13.8 Å². The molecule has 18 heavy (non-hydrogen) atoms. The summed E-state index contributed by atoms with van der Waals surface area (Å²) >= 11 is 1.42. The lowest BCUT2D eigenvalue weighted by Crippen LogP contribution is -2.42. The van der Waals surface area contributed by atoms with E-state index in [0.717, 1.165) is 12.2 Å². The van der Waals surface area contributed by atoms with Gasteiger partial charge in [-0.1, -0.05) is 19.8 Å². The molecule has 0 aromatic carbocycles. The molecule has 0 aliphatic carbocycles. The first-order valence-corrected chi connectivity index (χ1v) is 6.85. The molecule has 0 saturated carbocycles. The van der Waals surface area contributed by atoms with E-state index in [1.165, 1.54) is 11.3 Å². The number of anilines is 1. The predicted molar refractivity (Wildman–Crippen MR) is 78.0 cm³/mol. The van der Waals surface area contributed by atoms with Crippen LogP contribution in [0.25, 0.3) is 0 Å². The third-order valence-corrected chi connectivity index (χ3v) is 3.27. The first-order chi connectivity index (χ1) is 8.35. The van der Waals surface area contributed by atoms with Gasteiger partial charge in [0.15, 0.2) is 0 Å². The second kappa shape index (κ2) is 5.92. The molecule has 0 spiro atoms. The summed E-state index contributed by atoms with van der Waals surface area (Å²) in [6.07, 6.45) is 5.37. The Morgan fingerprint density at radius 2 is 2.22 bits per heavy atom. The number of hydrogen-bond acceptors (Lipinski definition) is 3. The summed E-state index contributed by atoms with van der Waals surface area (Å²) in [5.41, 5.74) is 0.246. The summed E-state index contributed by atoms with van der Waals surface area (Å²) in [6.45, 7) is 8.70. The van der Waals surface area contributed by atoms with Gasteiger partial charge in [-0.05, 0) is 31.2 Å². The van der Waals surface area contributed by atoms with Crippen LogP contribution in [0.2, 0.25) is 0 Å². The Labute approximate surface area is 113 Å². The topological polar surface area (TPSA) is 41.1 Å². The van der Waals surface area contributed by atoms with Gasteiger partial charge in [0.2, 0.25) is 0 Å². The molecular formula is C14H20N2OS. The number of nitrogens with one attached hydrogen (secondary N) is 2. The van der Waals surface area contributed by atoms with Crippen LogP contribution in [0.3, 0.4) is 0 Å². The minimum atomic E-state index is -0.629. The van der Waals surface area contributed by atoms with Crippen LogP contribution < -0.4 is 10.6 Å². The van der Waals surface area contributed by atoms with E-state index >= 15 is 0 Å². The highest BCUT2D eigenvalue weighted by Gasteiger charge is 2.21. The molecule has 0 aliphatic heterocycles. The van der Waals surface area contributed by atoms with Gasteiger partial charge in [0.25, 0.3) is 5.91 Å². The molecule has 0 bridgehead atoms. The molecule has 1 aromatic heterocycles. The first-order valence-electron chi connectivity index (χ1n) is 5.97. The fraction of sp³-hybridized carbons (Fsp3) is 0.500. The van der Waals surface area contributed by atoms with Gasteiger partial charge in [0, 0.05) is 6.54 Å². The van der Waals surface area contributed by atoms with Crippen LogP contribution >= 0.6 is 11.3 Å². The van der Waals surface area contributed by atoms with Gasteiger partial charge in [-0.25, -0.2) is 0 Å². The Morgan fingerprint density at radius 1 is 1.56 bits per heavy atom. The molecule has 0 saturated heterocycles. The number of terminal acetylenes is 1. The van der Waals surface area contributed by atoms with Crippen molar-refractivity contribution in [1.29, 1.82) is 0 Å². The van der Waals surface area contributed by atoms with Crippen LogP contribution in [-0.2, 0) is 0 Å². The monoisotopic (exact) mass is 264 g/mol. The van der Waals surface area contributed by atoms with Crippen molar-refractivity contribution in [3.8, 4) is 12.3 Å². The molecule has 1 aromatic rings. The minimum Gasteiger partial charge on any atom is -0.383 e. The van der Waals surface area contributed by atoms with Crippen molar-refractivity contribution in [2.45, 2.75) is 33.2 Å². The van der Waals surface area contributed by atoms with Gasteiger partial charge in [-0.2, -0.15) is 0 Å². The standard InChI is InChI=1S/C14H20N2OS/c1-6-14(4,5)16-13(17)12-11(7-8-18-12)15-9-10(2)3/h1,7-8,10,15H,9H2,2-5H3,(H,16,17). The quantitative estimate of drug-likeness (QED) is 0.803. The Balaban J connectivity index is 2.75. The number of carbonyl (C=O) groups is 1. The highest BCUT2D eigenvalue weighted by atomic mass is 32.1. The minimum absolute atomic E-state index is 0.126. The third-order valence-electron chi connectivity index (χ3n) is 2.36. The Morgan fingerprint density at radius 3 is 2.78 bits per heavy atom. The van der Waals surface area contributed by atoms with Crippen molar-refractivity contribution >= 4 is 22.9 Å². The third kappa shape index (κ3) is 4.08. The van der Waals surface area contributed by atoms with Crippen LogP contribution in [-0.4, -0.2) is 18.0 Å². The second-order valence-corrected chi connectivity index (χ2v) is 6.08. The smallest absolute Gasteiger partial charge is 0.264 e. The molecular weight excluding hydrogens is 244 g/mol. The van der Waals surface area contributed by atoms with Gasteiger partial charge < -0.3 is 10.6 Å². The number of amides is 1. The van der Waals surface area contributed by atoms with Crippen molar-refractivity contribution in [3.63, 3.8) is 0 Å². The zero-order valence-corrected chi connectivity index (χ0v) is 12.1. The SMILES string of the molecule is C#CC(C)(C)NC(=O)c1sccc1NCC(C)C. The van der Waals surface area contributed by atoms with Crippen LogP contribution in [0.15, 0.2) is 11.4 Å². The molecule has 0 fully saturated rings. The largest absolute Gasteiger partial charge is 0.383 e. The highest BCUT2D eigenvalue weighted by Crippen LogP contribution is 2.23. The van der Waals surface area contributed by atoms with E-state index in [4.69, 9.17) is 6.42 Å². The van der Waals surface area contributed by atoms with Crippen molar-refractivity contribution < 1.29 is 4.79 Å². The molecule has 3 nitrogen and oxygen atoms in total.